The van der Waals surface area contributed by atoms with Crippen molar-refractivity contribution in [2.24, 2.45) is 0 Å². The third kappa shape index (κ3) is 2.48. The SMILES string of the molecule is O=c1ccn(N2C=CON2)nc1Cc1ccccc1. The molecule has 2 heterocycles. The Morgan fingerprint density at radius 1 is 1.21 bits per heavy atom. The summed E-state index contributed by atoms with van der Waals surface area (Å²) in [4.78, 5) is 18.2. The van der Waals surface area contributed by atoms with E-state index in [-0.39, 0.29) is 5.43 Å². The van der Waals surface area contributed by atoms with Crippen LogP contribution in [0.3, 0.4) is 0 Å². The number of hydrazine groups is 1. The van der Waals surface area contributed by atoms with Crippen LogP contribution < -0.4 is 16.1 Å². The summed E-state index contributed by atoms with van der Waals surface area (Å²) in [5, 5.41) is 5.81. The first-order chi connectivity index (χ1) is 9.33. The van der Waals surface area contributed by atoms with E-state index in [2.05, 4.69) is 10.7 Å². The highest BCUT2D eigenvalue weighted by molar-refractivity contribution is 5.21. The van der Waals surface area contributed by atoms with Gasteiger partial charge in [-0.1, -0.05) is 30.3 Å². The van der Waals surface area contributed by atoms with Crippen LogP contribution in [0.15, 0.2) is 59.9 Å². The molecule has 0 amide bonds. The summed E-state index contributed by atoms with van der Waals surface area (Å²) in [6, 6.07) is 11.2. The average Bonchev–Trinajstić information content (AvgIpc) is 2.96. The van der Waals surface area contributed by atoms with E-state index >= 15 is 0 Å². The van der Waals surface area contributed by atoms with Crippen molar-refractivity contribution < 1.29 is 4.84 Å². The molecule has 0 atom stereocenters. The van der Waals surface area contributed by atoms with Crippen LogP contribution in [-0.4, -0.2) is 9.89 Å². The molecule has 2 aromatic rings. The third-order valence-corrected chi connectivity index (χ3v) is 2.72. The topological polar surface area (TPSA) is 59.4 Å². The Hall–Kier alpha value is -2.60. The van der Waals surface area contributed by atoms with Crippen LogP contribution >= 0.6 is 0 Å². The lowest BCUT2D eigenvalue weighted by atomic mass is 10.1. The summed E-state index contributed by atoms with van der Waals surface area (Å²) in [7, 11) is 0. The molecule has 1 aromatic carbocycles. The summed E-state index contributed by atoms with van der Waals surface area (Å²) in [6.45, 7) is 0. The van der Waals surface area contributed by atoms with E-state index < -0.39 is 0 Å². The molecule has 0 unspecified atom stereocenters. The maximum absolute atomic E-state index is 11.8. The highest BCUT2D eigenvalue weighted by atomic mass is 16.7. The lowest BCUT2D eigenvalue weighted by molar-refractivity contribution is 0.135. The van der Waals surface area contributed by atoms with Gasteiger partial charge in [0.25, 0.3) is 0 Å². The summed E-state index contributed by atoms with van der Waals surface area (Å²) >= 11 is 0. The Balaban J connectivity index is 1.90. The molecule has 0 fully saturated rings. The van der Waals surface area contributed by atoms with Crippen molar-refractivity contribution in [1.82, 2.24) is 15.5 Å². The Kier molecular flexibility index (Phi) is 2.99. The van der Waals surface area contributed by atoms with Crippen LogP contribution in [0, 0.1) is 0 Å². The zero-order valence-corrected chi connectivity index (χ0v) is 10.1. The van der Waals surface area contributed by atoms with Crippen molar-refractivity contribution in [2.75, 3.05) is 5.12 Å². The number of nitrogens with zero attached hydrogens (tertiary/aromatic N) is 3. The highest BCUT2D eigenvalue weighted by Crippen LogP contribution is 2.03. The first-order valence-corrected chi connectivity index (χ1v) is 5.83. The van der Waals surface area contributed by atoms with Crippen LogP contribution in [0.1, 0.15) is 11.3 Å². The maximum atomic E-state index is 11.8. The maximum Gasteiger partial charge on any atom is 0.203 e. The molecular formula is C13H12N4O2. The van der Waals surface area contributed by atoms with E-state index in [0.717, 1.165) is 5.56 Å². The molecule has 19 heavy (non-hydrogen) atoms. The molecular weight excluding hydrogens is 244 g/mol. The van der Waals surface area contributed by atoms with Gasteiger partial charge in [0.15, 0.2) is 0 Å². The van der Waals surface area contributed by atoms with E-state index in [9.17, 15) is 4.79 Å². The molecule has 96 valence electrons. The van der Waals surface area contributed by atoms with Crippen molar-refractivity contribution in [3.8, 4) is 0 Å². The zero-order chi connectivity index (χ0) is 13.1. The first-order valence-electron chi connectivity index (χ1n) is 5.83. The monoisotopic (exact) mass is 256 g/mol. The van der Waals surface area contributed by atoms with E-state index in [1.165, 1.54) is 22.2 Å². The fourth-order valence-corrected chi connectivity index (χ4v) is 1.78. The van der Waals surface area contributed by atoms with Crippen molar-refractivity contribution in [3.05, 3.63) is 76.5 Å². The molecule has 0 bridgehead atoms. The minimum Gasteiger partial charge on any atom is -0.393 e. The summed E-state index contributed by atoms with van der Waals surface area (Å²) in [6.07, 6.45) is 5.21. The molecule has 0 saturated carbocycles. The number of aromatic nitrogens is 2. The number of nitrogens with one attached hydrogen (secondary N) is 1. The van der Waals surface area contributed by atoms with Crippen molar-refractivity contribution in [3.63, 3.8) is 0 Å². The Morgan fingerprint density at radius 2 is 2.05 bits per heavy atom. The van der Waals surface area contributed by atoms with Gasteiger partial charge >= 0.3 is 0 Å². The van der Waals surface area contributed by atoms with Crippen LogP contribution in [0.25, 0.3) is 0 Å². The highest BCUT2D eigenvalue weighted by Gasteiger charge is 2.09. The van der Waals surface area contributed by atoms with Crippen molar-refractivity contribution in [2.45, 2.75) is 6.42 Å². The molecule has 1 aliphatic heterocycles. The molecule has 6 heteroatoms. The Bertz CT molecular complexity index is 651. The molecule has 1 aromatic heterocycles. The second kappa shape index (κ2) is 4.95. The van der Waals surface area contributed by atoms with Gasteiger partial charge in [0.05, 0.1) is 12.4 Å². The lowest BCUT2D eigenvalue weighted by Crippen LogP contribution is -2.40. The van der Waals surface area contributed by atoms with Crippen LogP contribution in [0.4, 0.5) is 0 Å². The number of hydrogen-bond donors (Lipinski definition) is 1. The zero-order valence-electron chi connectivity index (χ0n) is 10.1. The first kappa shape index (κ1) is 11.5. The predicted molar refractivity (Wildman–Crippen MR) is 69.3 cm³/mol. The predicted octanol–water partition coefficient (Wildman–Crippen LogP) is 0.693. The second-order valence-corrected chi connectivity index (χ2v) is 4.05. The van der Waals surface area contributed by atoms with Gasteiger partial charge in [-0.05, 0) is 11.2 Å². The molecule has 0 spiro atoms. The van der Waals surface area contributed by atoms with E-state index in [4.69, 9.17) is 4.84 Å². The van der Waals surface area contributed by atoms with Gasteiger partial charge in [0.1, 0.15) is 12.0 Å². The van der Waals surface area contributed by atoms with E-state index in [1.54, 1.807) is 12.4 Å². The van der Waals surface area contributed by atoms with Gasteiger partial charge < -0.3 is 4.84 Å². The molecule has 3 rings (SSSR count). The van der Waals surface area contributed by atoms with Gasteiger partial charge in [0.2, 0.25) is 5.43 Å². The van der Waals surface area contributed by atoms with Gasteiger partial charge in [-0.2, -0.15) is 15.0 Å². The third-order valence-electron chi connectivity index (χ3n) is 2.72. The van der Waals surface area contributed by atoms with Crippen LogP contribution in [0.2, 0.25) is 0 Å². The minimum absolute atomic E-state index is 0.0794. The van der Waals surface area contributed by atoms with Crippen molar-refractivity contribution >= 4 is 0 Å². The second-order valence-electron chi connectivity index (χ2n) is 4.05. The Morgan fingerprint density at radius 3 is 2.79 bits per heavy atom. The van der Waals surface area contributed by atoms with E-state index in [1.807, 2.05) is 30.3 Å². The van der Waals surface area contributed by atoms with Gasteiger partial charge in [-0.15, -0.1) is 0 Å². The molecule has 0 aliphatic carbocycles. The molecule has 1 N–H and O–H groups in total. The van der Waals surface area contributed by atoms with Gasteiger partial charge in [-0.25, -0.2) is 0 Å². The van der Waals surface area contributed by atoms with E-state index in [0.29, 0.717) is 12.1 Å². The standard InChI is InChI=1S/C13H12N4O2/c18-13-6-7-16(17-8-9-19-15-17)14-12(13)10-11-4-2-1-3-5-11/h1-9,15H,10H2. The van der Waals surface area contributed by atoms with Gasteiger partial charge in [-0.3, -0.25) is 4.79 Å². The number of hydrogen-bond acceptors (Lipinski definition) is 5. The Labute approximate surface area is 109 Å². The fourth-order valence-electron chi connectivity index (χ4n) is 1.78. The summed E-state index contributed by atoms with van der Waals surface area (Å²) in [5.74, 6) is 0. The van der Waals surface area contributed by atoms with Gasteiger partial charge in [0, 0.05) is 12.5 Å². The normalized spacial score (nSPS) is 13.6. The fraction of sp³-hybridized carbons (Fsp3) is 0.0769. The van der Waals surface area contributed by atoms with Crippen LogP contribution in [-0.2, 0) is 11.3 Å². The quantitative estimate of drug-likeness (QED) is 0.875. The van der Waals surface area contributed by atoms with Crippen molar-refractivity contribution in [1.29, 1.82) is 0 Å². The minimum atomic E-state index is -0.0794. The molecule has 1 aliphatic rings. The smallest absolute Gasteiger partial charge is 0.203 e. The summed E-state index contributed by atoms with van der Waals surface area (Å²) < 4.78 is 0. The summed E-state index contributed by atoms with van der Waals surface area (Å²) in [5.41, 5.74) is 4.05. The average molecular weight is 256 g/mol. The number of rotatable bonds is 3. The lowest BCUT2D eigenvalue weighted by Gasteiger charge is -2.16. The number of benzene rings is 1. The van der Waals surface area contributed by atoms with Crippen LogP contribution in [0.5, 0.6) is 0 Å². The molecule has 0 radical (unpaired) electrons. The largest absolute Gasteiger partial charge is 0.393 e. The molecule has 0 saturated heterocycles. The molecule has 6 nitrogen and oxygen atoms in total.